The van der Waals surface area contributed by atoms with Crippen LogP contribution in [0.4, 0.5) is 0 Å². The van der Waals surface area contributed by atoms with Crippen molar-refractivity contribution >= 4 is 52.7 Å². The predicted octanol–water partition coefficient (Wildman–Crippen LogP) is 5.43. The first-order valence-corrected chi connectivity index (χ1v) is 12.1. The van der Waals surface area contributed by atoms with E-state index in [0.717, 1.165) is 29.1 Å². The van der Waals surface area contributed by atoms with Crippen LogP contribution in [0.25, 0.3) is 0 Å². The van der Waals surface area contributed by atoms with Gasteiger partial charge in [0.15, 0.2) is 17.5 Å². The Labute approximate surface area is 180 Å². The van der Waals surface area contributed by atoms with Crippen LogP contribution in [0.2, 0.25) is 5.02 Å². The van der Waals surface area contributed by atoms with E-state index in [1.54, 1.807) is 44.7 Å². The van der Waals surface area contributed by atoms with Crippen LogP contribution in [0.1, 0.15) is 56.5 Å². The molecule has 7 heteroatoms. The molecule has 154 valence electrons. The molecule has 1 fully saturated rings. The van der Waals surface area contributed by atoms with Gasteiger partial charge in [-0.2, -0.15) is 11.8 Å². The minimum Gasteiger partial charge on any atom is -0.459 e. The zero-order chi connectivity index (χ0) is 21.1. The SMILES string of the molecule is CCSCc1c(Cl)ccc(C(=O)C(C(=O)OC(C)(C)C)C(=O)C2CC2)c1SC. The minimum atomic E-state index is -1.41. The van der Waals surface area contributed by atoms with Gasteiger partial charge in [-0.1, -0.05) is 18.5 Å². The fourth-order valence-electron chi connectivity index (χ4n) is 2.84. The smallest absolute Gasteiger partial charge is 0.325 e. The van der Waals surface area contributed by atoms with Gasteiger partial charge in [0.25, 0.3) is 0 Å². The fourth-order valence-corrected chi connectivity index (χ4v) is 4.82. The molecule has 1 saturated carbocycles. The van der Waals surface area contributed by atoms with Gasteiger partial charge in [0.05, 0.1) is 0 Å². The molecule has 1 aliphatic rings. The second-order valence-corrected chi connectivity index (χ2v) is 10.2. The molecule has 1 atom stereocenters. The molecule has 0 radical (unpaired) electrons. The van der Waals surface area contributed by atoms with Crippen molar-refractivity contribution in [1.29, 1.82) is 0 Å². The summed E-state index contributed by atoms with van der Waals surface area (Å²) >= 11 is 9.49. The Morgan fingerprint density at radius 2 is 1.89 bits per heavy atom. The standard InChI is InChI=1S/C21H27ClO4S2/c1-6-28-11-14-15(22)10-9-13(19(14)27-5)18(24)16(17(23)12-7-8-12)20(25)26-21(2,3)4/h9-10,12,16H,6-8,11H2,1-5H3. The Balaban J connectivity index is 2.46. The molecule has 1 aromatic rings. The van der Waals surface area contributed by atoms with E-state index in [0.29, 0.717) is 16.3 Å². The predicted molar refractivity (Wildman–Crippen MR) is 116 cm³/mol. The summed E-state index contributed by atoms with van der Waals surface area (Å²) in [6.45, 7) is 7.23. The summed E-state index contributed by atoms with van der Waals surface area (Å²) in [5.74, 6) is -1.63. The number of halogens is 1. The lowest BCUT2D eigenvalue weighted by Crippen LogP contribution is -2.38. The number of hydrogen-bond acceptors (Lipinski definition) is 6. The zero-order valence-corrected chi connectivity index (χ0v) is 19.4. The van der Waals surface area contributed by atoms with Gasteiger partial charge in [-0.25, -0.2) is 0 Å². The largest absolute Gasteiger partial charge is 0.459 e. The molecular weight excluding hydrogens is 416 g/mol. The van der Waals surface area contributed by atoms with Crippen LogP contribution in [0, 0.1) is 11.8 Å². The van der Waals surface area contributed by atoms with E-state index in [-0.39, 0.29) is 11.7 Å². The highest BCUT2D eigenvalue weighted by Gasteiger charge is 2.45. The third-order valence-electron chi connectivity index (χ3n) is 4.29. The maximum absolute atomic E-state index is 13.4. The summed E-state index contributed by atoms with van der Waals surface area (Å²) in [6.07, 6.45) is 3.31. The first kappa shape index (κ1) is 23.3. The van der Waals surface area contributed by atoms with Crippen molar-refractivity contribution in [2.45, 2.75) is 56.8 Å². The van der Waals surface area contributed by atoms with Gasteiger partial charge < -0.3 is 4.74 Å². The molecular formula is C21H27ClO4S2. The van der Waals surface area contributed by atoms with Crippen LogP contribution in [-0.4, -0.2) is 35.1 Å². The van der Waals surface area contributed by atoms with Crippen LogP contribution in [0.5, 0.6) is 0 Å². The van der Waals surface area contributed by atoms with E-state index >= 15 is 0 Å². The Morgan fingerprint density at radius 1 is 1.25 bits per heavy atom. The molecule has 2 rings (SSSR count). The second kappa shape index (κ2) is 9.68. The maximum Gasteiger partial charge on any atom is 0.325 e. The molecule has 1 unspecified atom stereocenters. The van der Waals surface area contributed by atoms with Gasteiger partial charge >= 0.3 is 5.97 Å². The summed E-state index contributed by atoms with van der Waals surface area (Å²) < 4.78 is 5.42. The number of thioether (sulfide) groups is 2. The van der Waals surface area contributed by atoms with Crippen molar-refractivity contribution in [2.24, 2.45) is 11.8 Å². The summed E-state index contributed by atoms with van der Waals surface area (Å²) in [5, 5.41) is 0.587. The van der Waals surface area contributed by atoms with Crippen molar-refractivity contribution in [1.82, 2.24) is 0 Å². The van der Waals surface area contributed by atoms with Crippen LogP contribution in [-0.2, 0) is 20.1 Å². The highest BCUT2D eigenvalue weighted by Crippen LogP contribution is 2.38. The van der Waals surface area contributed by atoms with Gasteiger partial charge in [-0.15, -0.1) is 11.8 Å². The molecule has 0 spiro atoms. The molecule has 1 aromatic carbocycles. The lowest BCUT2D eigenvalue weighted by molar-refractivity contribution is -0.160. The molecule has 0 amide bonds. The van der Waals surface area contributed by atoms with Crippen molar-refractivity contribution in [3.63, 3.8) is 0 Å². The minimum absolute atomic E-state index is 0.221. The molecule has 0 aliphatic heterocycles. The number of Topliss-reactive ketones (excluding diaryl/α,β-unsaturated/α-hetero) is 2. The zero-order valence-electron chi connectivity index (χ0n) is 17.0. The highest BCUT2D eigenvalue weighted by molar-refractivity contribution is 7.99. The first-order valence-electron chi connectivity index (χ1n) is 9.34. The molecule has 0 aromatic heterocycles. The number of hydrogen-bond donors (Lipinski definition) is 0. The Kier molecular flexibility index (Phi) is 8.06. The maximum atomic E-state index is 13.4. The number of esters is 1. The Hall–Kier alpha value is -0.980. The van der Waals surface area contributed by atoms with Gasteiger partial charge in [0, 0.05) is 27.2 Å². The highest BCUT2D eigenvalue weighted by atomic mass is 35.5. The van der Waals surface area contributed by atoms with E-state index < -0.39 is 23.3 Å². The van der Waals surface area contributed by atoms with Crippen molar-refractivity contribution in [3.8, 4) is 0 Å². The van der Waals surface area contributed by atoms with Gasteiger partial charge in [-0.3, -0.25) is 14.4 Å². The molecule has 0 N–H and O–H groups in total. The Morgan fingerprint density at radius 3 is 2.39 bits per heavy atom. The van der Waals surface area contributed by atoms with E-state index in [9.17, 15) is 14.4 Å². The molecule has 28 heavy (non-hydrogen) atoms. The number of ether oxygens (including phenoxy) is 1. The van der Waals surface area contributed by atoms with Crippen molar-refractivity contribution < 1.29 is 19.1 Å². The third-order valence-corrected chi connectivity index (χ3v) is 6.42. The van der Waals surface area contributed by atoms with Crippen LogP contribution in [0.3, 0.4) is 0 Å². The van der Waals surface area contributed by atoms with Crippen LogP contribution >= 0.6 is 35.1 Å². The average Bonchev–Trinajstić information content (AvgIpc) is 3.43. The van der Waals surface area contributed by atoms with Gasteiger partial charge in [0.2, 0.25) is 0 Å². The number of benzene rings is 1. The normalized spacial score (nSPS) is 15.2. The monoisotopic (exact) mass is 442 g/mol. The molecule has 0 bridgehead atoms. The summed E-state index contributed by atoms with van der Waals surface area (Å²) in [7, 11) is 0. The second-order valence-electron chi connectivity index (χ2n) is 7.75. The van der Waals surface area contributed by atoms with Crippen molar-refractivity contribution in [3.05, 3.63) is 28.3 Å². The number of rotatable bonds is 9. The first-order chi connectivity index (χ1) is 13.1. The topological polar surface area (TPSA) is 60.4 Å². The summed E-state index contributed by atoms with van der Waals surface area (Å²) in [4.78, 5) is 39.7. The summed E-state index contributed by atoms with van der Waals surface area (Å²) in [6, 6.07) is 3.29. The van der Waals surface area contributed by atoms with Crippen LogP contribution in [0.15, 0.2) is 17.0 Å². The fraction of sp³-hybridized carbons (Fsp3) is 0.571. The van der Waals surface area contributed by atoms with E-state index in [4.69, 9.17) is 16.3 Å². The van der Waals surface area contributed by atoms with Gasteiger partial charge in [0.1, 0.15) is 5.60 Å². The molecule has 1 aliphatic carbocycles. The average molecular weight is 443 g/mol. The third kappa shape index (κ3) is 5.77. The van der Waals surface area contributed by atoms with Crippen molar-refractivity contribution in [2.75, 3.05) is 12.0 Å². The lowest BCUT2D eigenvalue weighted by atomic mass is 9.90. The van der Waals surface area contributed by atoms with Crippen LogP contribution < -0.4 is 0 Å². The number of ketones is 2. The van der Waals surface area contributed by atoms with E-state index in [1.165, 1.54) is 11.8 Å². The number of carbonyl (C=O) groups is 3. The summed E-state index contributed by atoms with van der Waals surface area (Å²) in [5.41, 5.74) is 0.465. The van der Waals surface area contributed by atoms with E-state index in [2.05, 4.69) is 6.92 Å². The molecule has 0 heterocycles. The van der Waals surface area contributed by atoms with E-state index in [1.807, 2.05) is 6.26 Å². The molecule has 4 nitrogen and oxygen atoms in total. The lowest BCUT2D eigenvalue weighted by Gasteiger charge is -2.23. The quantitative estimate of drug-likeness (QED) is 0.220. The molecule has 0 saturated heterocycles. The Bertz CT molecular complexity index is 766. The van der Waals surface area contributed by atoms with Gasteiger partial charge in [-0.05, 0) is 63.3 Å². The number of carbonyl (C=O) groups excluding carboxylic acids is 3.